The minimum atomic E-state index is -0.530. The summed E-state index contributed by atoms with van der Waals surface area (Å²) < 4.78 is 0. The molecule has 0 spiro atoms. The lowest BCUT2D eigenvalue weighted by molar-refractivity contribution is -0.118. The normalized spacial score (nSPS) is 10.3. The zero-order valence-electron chi connectivity index (χ0n) is 11.2. The molecule has 0 fully saturated rings. The Balaban J connectivity index is 3.05. The highest BCUT2D eigenvalue weighted by Crippen LogP contribution is 2.12. The van der Waals surface area contributed by atoms with Gasteiger partial charge in [0, 0.05) is 24.3 Å². The summed E-state index contributed by atoms with van der Waals surface area (Å²) in [6.07, 6.45) is 9.11. The van der Waals surface area contributed by atoms with Crippen molar-refractivity contribution in [3.63, 3.8) is 0 Å². The summed E-state index contributed by atoms with van der Waals surface area (Å²) in [4.78, 5) is 31.1. The van der Waals surface area contributed by atoms with Gasteiger partial charge in [-0.15, -0.1) is 4.91 Å². The number of unbranched alkanes of at least 4 members (excludes halogenated alkanes) is 7. The van der Waals surface area contributed by atoms with E-state index in [2.05, 4.69) is 5.18 Å². The fourth-order valence-electron chi connectivity index (χ4n) is 1.70. The number of carbonyl (C=O) groups is 2. The zero-order chi connectivity index (χ0) is 13.6. The van der Waals surface area contributed by atoms with Crippen molar-refractivity contribution in [3.8, 4) is 0 Å². The first-order chi connectivity index (χ1) is 8.66. The molecule has 0 aliphatic heterocycles. The Hall–Kier alpha value is -0.710. The molecule has 0 saturated heterocycles. The van der Waals surface area contributed by atoms with Gasteiger partial charge in [-0.1, -0.05) is 50.3 Å². The predicted molar refractivity (Wildman–Crippen MR) is 75.5 cm³/mol. The molecule has 0 rings (SSSR count). The van der Waals surface area contributed by atoms with E-state index in [4.69, 9.17) is 0 Å². The van der Waals surface area contributed by atoms with E-state index in [0.717, 1.165) is 31.4 Å². The fourth-order valence-corrected chi connectivity index (χ4v) is 2.34. The van der Waals surface area contributed by atoms with Crippen molar-refractivity contribution in [3.05, 3.63) is 4.91 Å². The molecule has 0 aliphatic carbocycles. The first-order valence-electron chi connectivity index (χ1n) is 6.66. The molecule has 0 aromatic carbocycles. The lowest BCUT2D eigenvalue weighted by Gasteiger charge is -2.01. The predicted octanol–water partition coefficient (Wildman–Crippen LogP) is 4.07. The van der Waals surface area contributed by atoms with Gasteiger partial charge >= 0.3 is 0 Å². The summed E-state index contributed by atoms with van der Waals surface area (Å²) in [5.41, 5.74) is 0. The maximum atomic E-state index is 10.7. The second kappa shape index (κ2) is 12.7. The molecule has 0 N–H and O–H groups in total. The quantitative estimate of drug-likeness (QED) is 0.420. The molecule has 0 unspecified atom stereocenters. The molecule has 0 atom stereocenters. The van der Waals surface area contributed by atoms with Gasteiger partial charge in [-0.25, -0.2) is 0 Å². The largest absolute Gasteiger partial charge is 0.288 e. The third-order valence-electron chi connectivity index (χ3n) is 2.69. The molecule has 0 heterocycles. The van der Waals surface area contributed by atoms with Crippen LogP contribution in [0.15, 0.2) is 5.18 Å². The van der Waals surface area contributed by atoms with Crippen molar-refractivity contribution in [1.29, 1.82) is 0 Å². The Labute approximate surface area is 113 Å². The second-order valence-corrected chi connectivity index (χ2v) is 5.68. The van der Waals surface area contributed by atoms with Gasteiger partial charge in [0.2, 0.25) is 0 Å². The Morgan fingerprint density at radius 3 is 1.89 bits per heavy atom. The Morgan fingerprint density at radius 1 is 0.889 bits per heavy atom. The molecule has 0 saturated carbocycles. The van der Waals surface area contributed by atoms with E-state index in [1.54, 1.807) is 6.92 Å². The number of rotatable bonds is 11. The van der Waals surface area contributed by atoms with Crippen LogP contribution in [-0.4, -0.2) is 16.8 Å². The molecule has 0 aliphatic rings. The van der Waals surface area contributed by atoms with Gasteiger partial charge in [0.15, 0.2) is 5.12 Å². The van der Waals surface area contributed by atoms with Crippen LogP contribution in [-0.2, 0) is 9.59 Å². The van der Waals surface area contributed by atoms with Crippen LogP contribution in [0.2, 0.25) is 0 Å². The lowest BCUT2D eigenvalue weighted by atomic mass is 10.1. The summed E-state index contributed by atoms with van der Waals surface area (Å²) in [7, 11) is 0. The smallest absolute Gasteiger partial charge is 0.286 e. The minimum absolute atomic E-state index is 0.203. The summed E-state index contributed by atoms with van der Waals surface area (Å²) in [6, 6.07) is 0. The molecular formula is C13H23NO3S. The number of nitroso groups, excluding NO2 is 1. The fraction of sp³-hybridized carbons (Fsp3) is 0.846. The average molecular weight is 273 g/mol. The van der Waals surface area contributed by atoms with Gasteiger partial charge in [0.05, 0.1) is 0 Å². The number of thioether (sulfide) groups is 1. The van der Waals surface area contributed by atoms with Crippen LogP contribution in [0.4, 0.5) is 0 Å². The Bertz CT molecular complexity index is 257. The third kappa shape index (κ3) is 13.4. The number of hydrogen-bond acceptors (Lipinski definition) is 4. The molecule has 18 heavy (non-hydrogen) atoms. The van der Waals surface area contributed by atoms with Crippen LogP contribution >= 0.6 is 11.8 Å². The summed E-state index contributed by atoms with van der Waals surface area (Å²) >= 11 is 1.41. The number of hydrogen-bond donors (Lipinski definition) is 0. The average Bonchev–Trinajstić information content (AvgIpc) is 2.35. The van der Waals surface area contributed by atoms with Gasteiger partial charge in [-0.3, -0.25) is 9.59 Å². The van der Waals surface area contributed by atoms with E-state index in [1.807, 2.05) is 0 Å². The topological polar surface area (TPSA) is 63.6 Å². The van der Waals surface area contributed by atoms with Crippen LogP contribution in [0, 0.1) is 4.91 Å². The Morgan fingerprint density at radius 2 is 1.39 bits per heavy atom. The summed E-state index contributed by atoms with van der Waals surface area (Å²) in [6.45, 7) is 1.61. The van der Waals surface area contributed by atoms with E-state index in [0.29, 0.717) is 6.42 Å². The van der Waals surface area contributed by atoms with Crippen molar-refractivity contribution in [2.24, 2.45) is 5.18 Å². The first kappa shape index (κ1) is 17.3. The molecule has 5 heteroatoms. The molecule has 1 amide bonds. The van der Waals surface area contributed by atoms with Crippen LogP contribution in [0.1, 0.15) is 64.7 Å². The second-order valence-electron chi connectivity index (χ2n) is 4.40. The maximum absolute atomic E-state index is 10.7. The Kier molecular flexibility index (Phi) is 12.2. The molecule has 0 aromatic heterocycles. The highest BCUT2D eigenvalue weighted by atomic mass is 32.2. The monoisotopic (exact) mass is 273 g/mol. The van der Waals surface area contributed by atoms with Crippen molar-refractivity contribution < 1.29 is 9.59 Å². The summed E-state index contributed by atoms with van der Waals surface area (Å²) in [5, 5.41) is 2.56. The van der Waals surface area contributed by atoms with Crippen molar-refractivity contribution in [2.45, 2.75) is 64.7 Å². The van der Waals surface area contributed by atoms with E-state index in [1.165, 1.54) is 37.4 Å². The highest BCUT2D eigenvalue weighted by molar-refractivity contribution is 8.13. The molecular weight excluding hydrogens is 250 g/mol. The maximum Gasteiger partial charge on any atom is 0.286 e. The van der Waals surface area contributed by atoms with E-state index in [-0.39, 0.29) is 5.12 Å². The first-order valence-corrected chi connectivity index (χ1v) is 7.65. The van der Waals surface area contributed by atoms with Crippen LogP contribution < -0.4 is 0 Å². The SMILES string of the molecule is CC(=O)SCCCCCCCCCCC(=O)N=O. The minimum Gasteiger partial charge on any atom is -0.288 e. The number of nitrogens with zero attached hydrogens (tertiary/aromatic N) is 1. The number of carbonyl (C=O) groups excluding carboxylic acids is 2. The van der Waals surface area contributed by atoms with Gasteiger partial charge in [-0.05, 0) is 12.8 Å². The van der Waals surface area contributed by atoms with Crippen LogP contribution in [0.3, 0.4) is 0 Å². The van der Waals surface area contributed by atoms with Gasteiger partial charge in [0.25, 0.3) is 5.91 Å². The molecule has 0 bridgehead atoms. The van der Waals surface area contributed by atoms with Gasteiger partial charge in [0.1, 0.15) is 0 Å². The summed E-state index contributed by atoms with van der Waals surface area (Å²) in [5.74, 6) is 0.411. The molecule has 104 valence electrons. The highest BCUT2D eigenvalue weighted by Gasteiger charge is 1.99. The van der Waals surface area contributed by atoms with E-state index < -0.39 is 5.91 Å². The number of amides is 1. The molecule has 0 radical (unpaired) electrons. The van der Waals surface area contributed by atoms with Crippen molar-refractivity contribution in [2.75, 3.05) is 5.75 Å². The molecule has 0 aromatic rings. The third-order valence-corrected chi connectivity index (χ3v) is 3.59. The van der Waals surface area contributed by atoms with E-state index >= 15 is 0 Å². The lowest BCUT2D eigenvalue weighted by Crippen LogP contribution is -1.91. The standard InChI is InChI=1S/C13H23NO3S/c1-12(15)18-11-9-7-5-3-2-4-6-8-10-13(16)14-17/h2-11H2,1H3. The van der Waals surface area contributed by atoms with E-state index in [9.17, 15) is 14.5 Å². The van der Waals surface area contributed by atoms with Gasteiger partial charge in [-0.2, -0.15) is 0 Å². The van der Waals surface area contributed by atoms with Crippen molar-refractivity contribution >= 4 is 22.8 Å². The zero-order valence-corrected chi connectivity index (χ0v) is 12.0. The van der Waals surface area contributed by atoms with Crippen molar-refractivity contribution in [1.82, 2.24) is 0 Å². The van der Waals surface area contributed by atoms with Gasteiger partial charge < -0.3 is 0 Å². The molecule has 4 nitrogen and oxygen atoms in total. The van der Waals surface area contributed by atoms with Crippen LogP contribution in [0.25, 0.3) is 0 Å². The van der Waals surface area contributed by atoms with Crippen LogP contribution in [0.5, 0.6) is 0 Å².